The van der Waals surface area contributed by atoms with Gasteiger partial charge >= 0.3 is 5.97 Å². The van der Waals surface area contributed by atoms with Crippen molar-refractivity contribution < 1.29 is 19.1 Å². The highest BCUT2D eigenvalue weighted by atomic mass is 16.5. The maximum absolute atomic E-state index is 11.5. The van der Waals surface area contributed by atoms with Crippen molar-refractivity contribution in [2.24, 2.45) is 0 Å². The van der Waals surface area contributed by atoms with Gasteiger partial charge in [0.1, 0.15) is 0 Å². The quantitative estimate of drug-likeness (QED) is 0.606. The van der Waals surface area contributed by atoms with Gasteiger partial charge in [-0.2, -0.15) is 0 Å². The van der Waals surface area contributed by atoms with Crippen LogP contribution in [0.15, 0.2) is 0 Å². The molecule has 0 aromatic rings. The van der Waals surface area contributed by atoms with Gasteiger partial charge in [0.2, 0.25) is 5.91 Å². The van der Waals surface area contributed by atoms with Gasteiger partial charge in [0.15, 0.2) is 5.78 Å². The van der Waals surface area contributed by atoms with E-state index in [1.54, 1.807) is 0 Å². The summed E-state index contributed by atoms with van der Waals surface area (Å²) in [5, 5.41) is 5.61. The smallest absolute Gasteiger partial charge is 0.305 e. The van der Waals surface area contributed by atoms with Gasteiger partial charge in [-0.05, 0) is 19.4 Å². The van der Waals surface area contributed by atoms with E-state index in [9.17, 15) is 14.4 Å². The molecule has 0 spiro atoms. The summed E-state index contributed by atoms with van der Waals surface area (Å²) >= 11 is 0. The molecule has 1 aliphatic rings. The van der Waals surface area contributed by atoms with Gasteiger partial charge in [-0.3, -0.25) is 14.4 Å². The van der Waals surface area contributed by atoms with Crippen molar-refractivity contribution >= 4 is 17.7 Å². The number of methoxy groups -OCH3 is 1. The molecule has 0 bridgehead atoms. The van der Waals surface area contributed by atoms with Gasteiger partial charge in [0, 0.05) is 6.42 Å². The molecule has 0 unspecified atom stereocenters. The van der Waals surface area contributed by atoms with Crippen molar-refractivity contribution in [1.29, 1.82) is 0 Å². The first kappa shape index (κ1) is 13.6. The van der Waals surface area contributed by atoms with Gasteiger partial charge in [0.05, 0.1) is 26.1 Å². The fourth-order valence-electron chi connectivity index (χ4n) is 1.65. The summed E-state index contributed by atoms with van der Waals surface area (Å²) in [5.74, 6) is -0.724. The molecule has 17 heavy (non-hydrogen) atoms. The second-order valence-electron chi connectivity index (χ2n) is 3.98. The van der Waals surface area contributed by atoms with Gasteiger partial charge in [-0.25, -0.2) is 0 Å². The standard InChI is InChI=1S/C11H18N2O4/c1-17-10(15)5-4-8(14)7-13-11(16)9-3-2-6-12-9/h9,12H,2-7H2,1H3,(H,13,16)/t9-/m0/s1. The van der Waals surface area contributed by atoms with Crippen LogP contribution >= 0.6 is 0 Å². The molecule has 6 heteroatoms. The molecule has 1 atom stereocenters. The lowest BCUT2D eigenvalue weighted by molar-refractivity contribution is -0.141. The summed E-state index contributed by atoms with van der Waals surface area (Å²) in [6, 6.07) is -0.177. The third-order valence-electron chi connectivity index (χ3n) is 2.67. The van der Waals surface area contributed by atoms with Crippen LogP contribution in [-0.2, 0) is 19.1 Å². The number of carbonyl (C=O) groups excluding carboxylic acids is 3. The Bertz CT molecular complexity index is 298. The van der Waals surface area contributed by atoms with Crippen LogP contribution < -0.4 is 10.6 Å². The van der Waals surface area contributed by atoms with E-state index >= 15 is 0 Å². The molecule has 96 valence electrons. The molecule has 2 N–H and O–H groups in total. The average Bonchev–Trinajstić information content (AvgIpc) is 2.86. The van der Waals surface area contributed by atoms with Crippen molar-refractivity contribution in [3.05, 3.63) is 0 Å². The lowest BCUT2D eigenvalue weighted by Crippen LogP contribution is -2.42. The zero-order valence-electron chi connectivity index (χ0n) is 9.95. The summed E-state index contributed by atoms with van der Waals surface area (Å²) in [4.78, 5) is 33.7. The van der Waals surface area contributed by atoms with Crippen LogP contribution in [-0.4, -0.2) is 43.9 Å². The van der Waals surface area contributed by atoms with E-state index in [4.69, 9.17) is 0 Å². The van der Waals surface area contributed by atoms with Gasteiger partial charge in [-0.15, -0.1) is 0 Å². The number of carbonyl (C=O) groups is 3. The summed E-state index contributed by atoms with van der Waals surface area (Å²) in [7, 11) is 1.28. The van der Waals surface area contributed by atoms with Crippen LogP contribution in [0.3, 0.4) is 0 Å². The molecule has 6 nitrogen and oxygen atoms in total. The molecule has 1 aliphatic heterocycles. The van der Waals surface area contributed by atoms with Gasteiger partial charge < -0.3 is 15.4 Å². The van der Waals surface area contributed by atoms with Crippen LogP contribution in [0.4, 0.5) is 0 Å². The van der Waals surface area contributed by atoms with E-state index in [1.165, 1.54) is 7.11 Å². The Morgan fingerprint density at radius 2 is 2.12 bits per heavy atom. The zero-order valence-corrected chi connectivity index (χ0v) is 9.95. The van der Waals surface area contributed by atoms with Crippen molar-refractivity contribution in [3.8, 4) is 0 Å². The molecule has 1 saturated heterocycles. The number of nitrogens with one attached hydrogen (secondary N) is 2. The molecule has 0 aromatic carbocycles. The summed E-state index contributed by atoms with van der Waals surface area (Å²) in [6.07, 6.45) is 1.95. The first-order chi connectivity index (χ1) is 8.13. The van der Waals surface area contributed by atoms with E-state index in [0.717, 1.165) is 19.4 Å². The maximum atomic E-state index is 11.5. The van der Waals surface area contributed by atoms with Gasteiger partial charge in [-0.1, -0.05) is 0 Å². The number of Topliss-reactive ketones (excluding diaryl/α,β-unsaturated/α-hetero) is 1. The fraction of sp³-hybridized carbons (Fsp3) is 0.727. The van der Waals surface area contributed by atoms with E-state index < -0.39 is 5.97 Å². The highest BCUT2D eigenvalue weighted by molar-refractivity contribution is 5.89. The summed E-state index contributed by atoms with van der Waals surface area (Å²) < 4.78 is 4.42. The maximum Gasteiger partial charge on any atom is 0.305 e. The molecule has 0 saturated carbocycles. The van der Waals surface area contributed by atoms with E-state index in [-0.39, 0.29) is 37.1 Å². The second kappa shape index (κ2) is 7.01. The molecule has 0 radical (unpaired) electrons. The van der Waals surface area contributed by atoms with Crippen LogP contribution in [0.1, 0.15) is 25.7 Å². The monoisotopic (exact) mass is 242 g/mol. The Morgan fingerprint density at radius 1 is 1.35 bits per heavy atom. The molecule has 1 heterocycles. The lowest BCUT2D eigenvalue weighted by Gasteiger charge is -2.10. The average molecular weight is 242 g/mol. The minimum Gasteiger partial charge on any atom is -0.469 e. The van der Waals surface area contributed by atoms with Crippen molar-refractivity contribution in [2.45, 2.75) is 31.7 Å². The largest absolute Gasteiger partial charge is 0.469 e. The van der Waals surface area contributed by atoms with Crippen molar-refractivity contribution in [3.63, 3.8) is 0 Å². The first-order valence-corrected chi connectivity index (χ1v) is 5.73. The van der Waals surface area contributed by atoms with E-state index in [2.05, 4.69) is 15.4 Å². The minimum atomic E-state index is -0.415. The summed E-state index contributed by atoms with van der Waals surface area (Å²) in [5.41, 5.74) is 0. The number of hydrogen-bond acceptors (Lipinski definition) is 5. The van der Waals surface area contributed by atoms with Crippen LogP contribution in [0, 0.1) is 0 Å². The number of ether oxygens (including phenoxy) is 1. The Balaban J connectivity index is 2.14. The van der Waals surface area contributed by atoms with Crippen molar-refractivity contribution in [2.75, 3.05) is 20.2 Å². The molecule has 1 amide bonds. The Hall–Kier alpha value is -1.43. The van der Waals surface area contributed by atoms with Crippen molar-refractivity contribution in [1.82, 2.24) is 10.6 Å². The SMILES string of the molecule is COC(=O)CCC(=O)CNC(=O)[C@@H]1CCCN1. The van der Waals surface area contributed by atoms with Crippen LogP contribution in [0.5, 0.6) is 0 Å². The summed E-state index contributed by atoms with van der Waals surface area (Å²) in [6.45, 7) is 0.822. The Morgan fingerprint density at radius 3 is 2.71 bits per heavy atom. The number of ketones is 1. The third-order valence-corrected chi connectivity index (χ3v) is 2.67. The molecular formula is C11H18N2O4. The van der Waals surface area contributed by atoms with Crippen LogP contribution in [0.2, 0.25) is 0 Å². The molecular weight excluding hydrogens is 224 g/mol. The van der Waals surface area contributed by atoms with Crippen LogP contribution in [0.25, 0.3) is 0 Å². The van der Waals surface area contributed by atoms with E-state index in [0.29, 0.717) is 0 Å². The predicted molar refractivity (Wildman–Crippen MR) is 60.3 cm³/mol. The van der Waals surface area contributed by atoms with E-state index in [1.807, 2.05) is 0 Å². The highest BCUT2D eigenvalue weighted by Gasteiger charge is 2.21. The Kier molecular flexibility index (Phi) is 5.62. The molecule has 1 rings (SSSR count). The zero-order chi connectivity index (χ0) is 12.7. The minimum absolute atomic E-state index is 0.0198. The molecule has 1 fully saturated rings. The lowest BCUT2D eigenvalue weighted by atomic mass is 10.2. The first-order valence-electron chi connectivity index (χ1n) is 5.73. The topological polar surface area (TPSA) is 84.5 Å². The Labute approximate surface area is 100 Å². The highest BCUT2D eigenvalue weighted by Crippen LogP contribution is 2.04. The molecule has 0 aliphatic carbocycles. The molecule has 0 aromatic heterocycles. The number of rotatable bonds is 6. The van der Waals surface area contributed by atoms with Gasteiger partial charge in [0.25, 0.3) is 0 Å². The normalized spacial score (nSPS) is 18.8. The second-order valence-corrected chi connectivity index (χ2v) is 3.98. The number of amides is 1. The number of esters is 1. The fourth-order valence-corrected chi connectivity index (χ4v) is 1.65. The third kappa shape index (κ3) is 4.95. The number of hydrogen-bond donors (Lipinski definition) is 2. The predicted octanol–water partition coefficient (Wildman–Crippen LogP) is -0.623.